The number of aliphatic hydroxyl groups is 1. The largest absolute Gasteiger partial charge is 0.389 e. The van der Waals surface area contributed by atoms with Gasteiger partial charge in [-0.3, -0.25) is 4.79 Å². The van der Waals surface area contributed by atoms with Gasteiger partial charge in [-0.15, -0.1) is 0 Å². The molecule has 1 aromatic rings. The zero-order valence-corrected chi connectivity index (χ0v) is 16.5. The molecule has 3 N–H and O–H groups in total. The number of hydrogen-bond acceptors (Lipinski definition) is 7. The number of thioether (sulfide) groups is 1. The molecule has 0 spiro atoms. The van der Waals surface area contributed by atoms with Gasteiger partial charge < -0.3 is 20.6 Å². The lowest BCUT2D eigenvalue weighted by molar-refractivity contribution is -0.139. The first-order valence-corrected chi connectivity index (χ1v) is 10.4. The molecule has 1 aromatic heterocycles. The summed E-state index contributed by atoms with van der Waals surface area (Å²) in [6, 6.07) is 1.81. The number of piperidine rings is 2. The highest BCUT2D eigenvalue weighted by molar-refractivity contribution is 7.99. The number of rotatable bonds is 5. The van der Waals surface area contributed by atoms with Gasteiger partial charge in [0.05, 0.1) is 5.60 Å². The third-order valence-electron chi connectivity index (χ3n) is 5.48. The van der Waals surface area contributed by atoms with Crippen molar-refractivity contribution in [3.05, 3.63) is 6.07 Å². The molecule has 2 atom stereocenters. The van der Waals surface area contributed by atoms with Gasteiger partial charge >= 0.3 is 0 Å². The second kappa shape index (κ2) is 8.00. The number of aromatic nitrogens is 2. The second-order valence-corrected chi connectivity index (χ2v) is 8.41. The third kappa shape index (κ3) is 4.23. The molecule has 1 amide bonds. The molecule has 3 rings (SSSR count). The molecule has 7 nitrogen and oxygen atoms in total. The van der Waals surface area contributed by atoms with E-state index in [1.54, 1.807) is 24.8 Å². The van der Waals surface area contributed by atoms with Crippen LogP contribution in [-0.4, -0.2) is 63.4 Å². The lowest BCUT2D eigenvalue weighted by atomic mass is 9.75. The number of carbonyl (C=O) groups is 1. The summed E-state index contributed by atoms with van der Waals surface area (Å²) in [5.41, 5.74) is 5.32. The van der Waals surface area contributed by atoms with Gasteiger partial charge in [-0.05, 0) is 19.3 Å². The van der Waals surface area contributed by atoms with Crippen LogP contribution in [0.25, 0.3) is 0 Å². The van der Waals surface area contributed by atoms with Gasteiger partial charge in [-0.2, -0.15) is 0 Å². The van der Waals surface area contributed by atoms with Crippen LogP contribution in [0.3, 0.4) is 0 Å². The molecular weight excluding hydrogens is 350 g/mol. The van der Waals surface area contributed by atoms with Crippen LogP contribution >= 0.6 is 11.8 Å². The van der Waals surface area contributed by atoms with Crippen molar-refractivity contribution in [1.82, 2.24) is 14.9 Å². The Labute approximate surface area is 159 Å². The van der Waals surface area contributed by atoms with Gasteiger partial charge in [-0.25, -0.2) is 9.97 Å². The number of nitrogens with zero attached hydrogens (tertiary/aromatic N) is 4. The minimum Gasteiger partial charge on any atom is -0.389 e. The van der Waals surface area contributed by atoms with Crippen molar-refractivity contribution in [2.75, 3.05) is 42.6 Å². The monoisotopic (exact) mass is 379 g/mol. The topological polar surface area (TPSA) is 95.6 Å². The Balaban J connectivity index is 1.73. The minimum absolute atomic E-state index is 0.0290. The molecule has 2 aliphatic heterocycles. The molecule has 0 bridgehead atoms. The number of fused-ring (bicyclic) bond motifs is 1. The molecule has 0 aliphatic carbocycles. The maximum Gasteiger partial charge on any atom is 0.219 e. The molecule has 0 unspecified atom stereocenters. The first kappa shape index (κ1) is 19.2. The highest BCUT2D eigenvalue weighted by Crippen LogP contribution is 2.37. The molecule has 3 heterocycles. The minimum atomic E-state index is -0.681. The highest BCUT2D eigenvalue weighted by atomic mass is 32.2. The number of nitrogens with two attached hydrogens (primary N) is 1. The Kier molecular flexibility index (Phi) is 5.92. The van der Waals surface area contributed by atoms with Crippen molar-refractivity contribution in [3.63, 3.8) is 0 Å². The van der Waals surface area contributed by atoms with Crippen LogP contribution in [0.1, 0.15) is 39.5 Å². The van der Waals surface area contributed by atoms with Gasteiger partial charge in [0.15, 0.2) is 5.16 Å². The summed E-state index contributed by atoms with van der Waals surface area (Å²) >= 11 is 1.63. The smallest absolute Gasteiger partial charge is 0.219 e. The van der Waals surface area contributed by atoms with E-state index in [1.165, 1.54) is 0 Å². The van der Waals surface area contributed by atoms with Gasteiger partial charge in [-0.1, -0.05) is 25.1 Å². The number of carbonyl (C=O) groups excluding carboxylic acids is 1. The summed E-state index contributed by atoms with van der Waals surface area (Å²) in [5, 5.41) is 11.7. The zero-order chi connectivity index (χ0) is 18.7. The molecule has 2 aliphatic rings. The van der Waals surface area contributed by atoms with E-state index >= 15 is 0 Å². The van der Waals surface area contributed by atoms with E-state index in [-0.39, 0.29) is 11.8 Å². The fourth-order valence-corrected chi connectivity index (χ4v) is 4.70. The summed E-state index contributed by atoms with van der Waals surface area (Å²) < 4.78 is 0. The molecule has 2 saturated heterocycles. The fraction of sp³-hybridized carbons (Fsp3) is 0.722. The Hall–Kier alpha value is -1.54. The van der Waals surface area contributed by atoms with Gasteiger partial charge in [0.25, 0.3) is 0 Å². The Morgan fingerprint density at radius 2 is 2.15 bits per heavy atom. The van der Waals surface area contributed by atoms with E-state index in [9.17, 15) is 9.90 Å². The second-order valence-electron chi connectivity index (χ2n) is 7.35. The zero-order valence-electron chi connectivity index (χ0n) is 15.6. The maximum atomic E-state index is 11.7. The van der Waals surface area contributed by atoms with Crippen molar-refractivity contribution < 1.29 is 9.90 Å². The number of hydrogen-bond donors (Lipinski definition) is 2. The van der Waals surface area contributed by atoms with Crippen molar-refractivity contribution in [2.45, 2.75) is 50.3 Å². The van der Waals surface area contributed by atoms with Crippen molar-refractivity contribution in [1.29, 1.82) is 0 Å². The SMILES string of the molecule is CCCCSc1nc(N)cc(N2CC[C@]3(O)CCN(C(C)=O)C[C@@H]3C2)n1. The third-order valence-corrected chi connectivity index (χ3v) is 6.41. The number of likely N-dealkylation sites (tertiary alicyclic amines) is 1. The first-order chi connectivity index (χ1) is 12.4. The van der Waals surface area contributed by atoms with Crippen LogP contribution in [0.5, 0.6) is 0 Å². The van der Waals surface area contributed by atoms with Crippen LogP contribution < -0.4 is 10.6 Å². The van der Waals surface area contributed by atoms with Gasteiger partial charge in [0.2, 0.25) is 5.91 Å². The standard InChI is InChI=1S/C18H29N5O2S/c1-3-4-9-26-17-20-15(19)10-16(21-17)23-8-6-18(25)5-7-22(13(2)24)11-14(18)12-23/h10,14,25H,3-9,11-12H2,1-2H3,(H2,19,20,21)/t14-,18-/m1/s1. The molecule has 8 heteroatoms. The van der Waals surface area contributed by atoms with E-state index < -0.39 is 5.60 Å². The molecule has 0 radical (unpaired) electrons. The van der Waals surface area contributed by atoms with E-state index in [1.807, 2.05) is 4.90 Å². The molecule has 144 valence electrons. The van der Waals surface area contributed by atoms with Crippen LogP contribution in [0.15, 0.2) is 11.2 Å². The van der Waals surface area contributed by atoms with Gasteiger partial charge in [0.1, 0.15) is 11.6 Å². The average Bonchev–Trinajstić information content (AvgIpc) is 2.60. The molecule has 0 saturated carbocycles. The predicted octanol–water partition coefficient (Wildman–Crippen LogP) is 1.76. The molecule has 2 fully saturated rings. The van der Waals surface area contributed by atoms with E-state index in [4.69, 9.17) is 5.73 Å². The molecule has 0 aromatic carbocycles. The number of amides is 1. The van der Waals surface area contributed by atoms with E-state index in [0.717, 1.165) is 31.0 Å². The Morgan fingerprint density at radius 3 is 2.88 bits per heavy atom. The maximum absolute atomic E-state index is 11.7. The summed E-state index contributed by atoms with van der Waals surface area (Å²) in [5.74, 6) is 2.38. The quantitative estimate of drug-likeness (QED) is 0.457. The normalized spacial score (nSPS) is 25.9. The molecule has 26 heavy (non-hydrogen) atoms. The number of anilines is 2. The van der Waals surface area contributed by atoms with Crippen molar-refractivity contribution in [3.8, 4) is 0 Å². The van der Waals surface area contributed by atoms with Crippen molar-refractivity contribution >= 4 is 29.3 Å². The summed E-state index contributed by atoms with van der Waals surface area (Å²) in [6.45, 7) is 6.41. The predicted molar refractivity (Wildman–Crippen MR) is 104 cm³/mol. The average molecular weight is 380 g/mol. The van der Waals surface area contributed by atoms with Crippen molar-refractivity contribution in [2.24, 2.45) is 5.92 Å². The van der Waals surface area contributed by atoms with Gasteiger partial charge in [0, 0.05) is 50.8 Å². The highest BCUT2D eigenvalue weighted by Gasteiger charge is 2.45. The van der Waals surface area contributed by atoms with Crippen LogP contribution in [0.4, 0.5) is 11.6 Å². The van der Waals surface area contributed by atoms with E-state index in [0.29, 0.717) is 43.5 Å². The Bertz CT molecular complexity index is 658. The first-order valence-electron chi connectivity index (χ1n) is 9.41. The van der Waals surface area contributed by atoms with Crippen LogP contribution in [-0.2, 0) is 4.79 Å². The number of nitrogen functional groups attached to an aromatic ring is 1. The number of unbranched alkanes of at least 4 members (excludes halogenated alkanes) is 1. The summed E-state index contributed by atoms with van der Waals surface area (Å²) in [6.07, 6.45) is 3.60. The fourth-order valence-electron chi connectivity index (χ4n) is 3.76. The van der Waals surface area contributed by atoms with Crippen LogP contribution in [0.2, 0.25) is 0 Å². The van der Waals surface area contributed by atoms with E-state index in [2.05, 4.69) is 21.8 Å². The lowest BCUT2D eigenvalue weighted by Gasteiger charge is -2.50. The Morgan fingerprint density at radius 1 is 1.38 bits per heavy atom. The summed E-state index contributed by atoms with van der Waals surface area (Å²) in [7, 11) is 0. The molecular formula is C18H29N5O2S. The lowest BCUT2D eigenvalue weighted by Crippen LogP contribution is -2.60. The summed E-state index contributed by atoms with van der Waals surface area (Å²) in [4.78, 5) is 24.8. The van der Waals surface area contributed by atoms with Crippen LogP contribution in [0, 0.1) is 5.92 Å².